The van der Waals surface area contributed by atoms with Crippen molar-refractivity contribution in [1.82, 2.24) is 25.0 Å². The van der Waals surface area contributed by atoms with E-state index in [4.69, 9.17) is 16.3 Å². The number of nitrogens with one attached hydrogen (secondary N) is 1. The van der Waals surface area contributed by atoms with Gasteiger partial charge >= 0.3 is 13.6 Å². The highest BCUT2D eigenvalue weighted by Gasteiger charge is 2.46. The van der Waals surface area contributed by atoms with Crippen LogP contribution in [0.5, 0.6) is 0 Å². The van der Waals surface area contributed by atoms with Crippen LogP contribution in [0, 0.1) is 5.92 Å². The number of fused-ring (bicyclic) bond motifs is 1. The normalized spacial score (nSPS) is 26.3. The molecule has 194 valence electrons. The Morgan fingerprint density at radius 2 is 1.97 bits per heavy atom. The summed E-state index contributed by atoms with van der Waals surface area (Å²) in [7, 11) is -4.98. The van der Waals surface area contributed by atoms with E-state index < -0.39 is 50.2 Å². The van der Waals surface area contributed by atoms with Gasteiger partial charge in [-0.3, -0.25) is 4.57 Å². The van der Waals surface area contributed by atoms with E-state index in [9.17, 15) is 29.4 Å². The lowest BCUT2D eigenvalue weighted by molar-refractivity contribution is -0.153. The van der Waals surface area contributed by atoms with Crippen LogP contribution < -0.4 is 5.32 Å². The predicted octanol–water partition coefficient (Wildman–Crippen LogP) is 0.595. The number of hydrogen-bond acceptors (Lipinski definition) is 11. The minimum absolute atomic E-state index is 0.0339. The fourth-order valence-electron chi connectivity index (χ4n) is 4.63. The van der Waals surface area contributed by atoms with Gasteiger partial charge < -0.3 is 34.8 Å². The van der Waals surface area contributed by atoms with Crippen molar-refractivity contribution in [3.63, 3.8) is 0 Å². The van der Waals surface area contributed by atoms with Crippen molar-refractivity contribution in [3.8, 4) is 0 Å². The second kappa shape index (κ2) is 10.6. The van der Waals surface area contributed by atoms with Gasteiger partial charge in [-0.25, -0.2) is 9.48 Å². The van der Waals surface area contributed by atoms with Gasteiger partial charge in [-0.1, -0.05) is 18.1 Å². The highest BCUT2D eigenvalue weighted by molar-refractivity contribution is 7.53. The molecule has 2 aromatic heterocycles. The fraction of sp³-hybridized carbons (Fsp3) is 0.737. The molecule has 0 aromatic carbocycles. The predicted molar refractivity (Wildman–Crippen MR) is 122 cm³/mol. The SMILES string of the molecule is CCOC(=O)C(OC[C@H]1C[C@@H](n2nnc3c(NC4CCCC4)nc(Cl)nc32)[C@H](O)[C@@H]1O)P(=O)(O)O. The van der Waals surface area contributed by atoms with E-state index in [-0.39, 0.29) is 30.0 Å². The van der Waals surface area contributed by atoms with E-state index in [1.807, 2.05) is 0 Å². The summed E-state index contributed by atoms with van der Waals surface area (Å²) in [4.78, 5) is 39.3. The average Bonchev–Trinajstić information content (AvgIpc) is 3.49. The molecule has 2 aromatic rings. The molecule has 4 rings (SSSR count). The Morgan fingerprint density at radius 3 is 2.63 bits per heavy atom. The Hall–Kier alpha value is -1.93. The Balaban J connectivity index is 1.53. The molecule has 2 saturated carbocycles. The summed E-state index contributed by atoms with van der Waals surface area (Å²) in [6, 6.07) is -0.555. The van der Waals surface area contributed by atoms with Crippen LogP contribution >= 0.6 is 19.2 Å². The molecule has 5 atom stereocenters. The Labute approximate surface area is 205 Å². The molecule has 1 unspecified atom stereocenters. The Bertz CT molecular complexity index is 1110. The maximum atomic E-state index is 11.9. The zero-order valence-electron chi connectivity index (χ0n) is 18.9. The van der Waals surface area contributed by atoms with Gasteiger partial charge in [-0.15, -0.1) is 5.10 Å². The summed E-state index contributed by atoms with van der Waals surface area (Å²) in [6.45, 7) is 0.982. The van der Waals surface area contributed by atoms with E-state index in [0.29, 0.717) is 11.3 Å². The smallest absolute Gasteiger partial charge is 0.365 e. The zero-order chi connectivity index (χ0) is 25.3. The standard InChI is InChI=1S/C19H28ClN6O8P/c1-2-33-17(29)18(35(30,31)32)34-8-9-7-11(14(28)13(9)27)26-16-12(24-25-26)15(22-19(20)23-16)21-10-5-3-4-6-10/h9-11,13-14,18,27-28H,2-8H2,1H3,(H,21,22,23)(H2,30,31,32)/t9-,11-,13-,14+,18?/m1/s1. The monoisotopic (exact) mass is 534 g/mol. The number of aliphatic hydroxyl groups excluding tert-OH is 2. The van der Waals surface area contributed by atoms with Crippen LogP contribution in [-0.4, -0.2) is 88.2 Å². The molecule has 35 heavy (non-hydrogen) atoms. The van der Waals surface area contributed by atoms with E-state index in [1.165, 1.54) is 11.6 Å². The molecule has 0 radical (unpaired) electrons. The number of rotatable bonds is 9. The third kappa shape index (κ3) is 5.58. The maximum absolute atomic E-state index is 11.9. The largest absolute Gasteiger partial charge is 0.464 e. The van der Waals surface area contributed by atoms with Gasteiger partial charge in [0.25, 0.3) is 5.85 Å². The minimum atomic E-state index is -4.98. The third-order valence-electron chi connectivity index (χ3n) is 6.34. The van der Waals surface area contributed by atoms with Crippen molar-refractivity contribution in [1.29, 1.82) is 0 Å². The first-order valence-corrected chi connectivity index (χ1v) is 13.4. The van der Waals surface area contributed by atoms with Gasteiger partial charge in [0, 0.05) is 12.0 Å². The van der Waals surface area contributed by atoms with Crippen LogP contribution in [0.4, 0.5) is 5.82 Å². The molecule has 0 spiro atoms. The van der Waals surface area contributed by atoms with Crippen molar-refractivity contribution in [2.45, 2.75) is 69.2 Å². The number of esters is 1. The number of carbonyl (C=O) groups excluding carboxylic acids is 1. The van der Waals surface area contributed by atoms with Gasteiger partial charge in [-0.05, 0) is 37.8 Å². The van der Waals surface area contributed by atoms with Crippen LogP contribution in [0.15, 0.2) is 0 Å². The molecular formula is C19H28ClN6O8P. The van der Waals surface area contributed by atoms with Gasteiger partial charge in [0.1, 0.15) is 6.10 Å². The number of carbonyl (C=O) groups is 1. The third-order valence-corrected chi connectivity index (χ3v) is 7.48. The van der Waals surface area contributed by atoms with E-state index in [1.54, 1.807) is 0 Å². The summed E-state index contributed by atoms with van der Waals surface area (Å²) in [5, 5.41) is 32.9. The molecule has 16 heteroatoms. The van der Waals surface area contributed by atoms with E-state index in [0.717, 1.165) is 25.7 Å². The van der Waals surface area contributed by atoms with Gasteiger partial charge in [0.05, 0.1) is 25.4 Å². The quantitative estimate of drug-likeness (QED) is 0.170. The molecule has 14 nitrogen and oxygen atoms in total. The maximum Gasteiger partial charge on any atom is 0.365 e. The van der Waals surface area contributed by atoms with Crippen LogP contribution in [0.2, 0.25) is 5.28 Å². The summed E-state index contributed by atoms with van der Waals surface area (Å²) in [5.41, 5.74) is 0.634. The lowest BCUT2D eigenvalue weighted by Crippen LogP contribution is -2.33. The number of nitrogens with zero attached hydrogens (tertiary/aromatic N) is 5. The number of ether oxygens (including phenoxy) is 2. The molecule has 2 fully saturated rings. The summed E-state index contributed by atoms with van der Waals surface area (Å²) < 4.78 is 22.9. The van der Waals surface area contributed by atoms with Crippen molar-refractivity contribution in [3.05, 3.63) is 5.28 Å². The molecule has 0 amide bonds. The van der Waals surface area contributed by atoms with Crippen molar-refractivity contribution >= 4 is 42.1 Å². The molecular weight excluding hydrogens is 507 g/mol. The number of aromatic nitrogens is 5. The summed E-state index contributed by atoms with van der Waals surface area (Å²) in [6.07, 6.45) is 1.67. The van der Waals surface area contributed by atoms with E-state index >= 15 is 0 Å². The van der Waals surface area contributed by atoms with Gasteiger partial charge in [0.15, 0.2) is 17.0 Å². The second-order valence-electron chi connectivity index (χ2n) is 8.74. The molecule has 2 aliphatic carbocycles. The Kier molecular flexibility index (Phi) is 7.91. The number of aliphatic hydroxyl groups is 2. The molecule has 5 N–H and O–H groups in total. The zero-order valence-corrected chi connectivity index (χ0v) is 20.5. The number of anilines is 1. The van der Waals surface area contributed by atoms with Gasteiger partial charge in [0.2, 0.25) is 5.28 Å². The first kappa shape index (κ1) is 26.1. The van der Waals surface area contributed by atoms with Crippen molar-refractivity contribution in [2.24, 2.45) is 5.92 Å². The lowest BCUT2D eigenvalue weighted by atomic mass is 10.1. The number of halogens is 1. The van der Waals surface area contributed by atoms with Crippen molar-refractivity contribution in [2.75, 3.05) is 18.5 Å². The topological polar surface area (TPSA) is 202 Å². The first-order chi connectivity index (χ1) is 16.6. The highest BCUT2D eigenvalue weighted by Crippen LogP contribution is 2.44. The lowest BCUT2D eigenvalue weighted by Gasteiger charge is -2.21. The average molecular weight is 535 g/mol. The van der Waals surface area contributed by atoms with Crippen LogP contribution in [0.25, 0.3) is 11.2 Å². The van der Waals surface area contributed by atoms with Gasteiger partial charge in [-0.2, -0.15) is 9.97 Å². The molecule has 0 saturated heterocycles. The molecule has 0 aliphatic heterocycles. The van der Waals surface area contributed by atoms with Crippen molar-refractivity contribution < 1.29 is 38.8 Å². The number of hydrogen-bond donors (Lipinski definition) is 5. The van der Waals surface area contributed by atoms with Crippen LogP contribution in [-0.2, 0) is 18.8 Å². The Morgan fingerprint density at radius 1 is 1.26 bits per heavy atom. The first-order valence-electron chi connectivity index (χ1n) is 11.3. The van der Waals surface area contributed by atoms with E-state index in [2.05, 4.69) is 30.3 Å². The van der Waals surface area contributed by atoms with Crippen LogP contribution in [0.3, 0.4) is 0 Å². The molecule has 0 bridgehead atoms. The molecule has 2 heterocycles. The highest BCUT2D eigenvalue weighted by atomic mass is 35.5. The second-order valence-corrected chi connectivity index (χ2v) is 10.7. The van der Waals surface area contributed by atoms with Crippen LogP contribution in [0.1, 0.15) is 45.1 Å². The summed E-state index contributed by atoms with van der Waals surface area (Å²) in [5.74, 6) is -3.67. The summed E-state index contributed by atoms with van der Waals surface area (Å²) >= 11 is 6.14. The molecule has 2 aliphatic rings. The fourth-order valence-corrected chi connectivity index (χ4v) is 5.42. The minimum Gasteiger partial charge on any atom is -0.464 e.